The van der Waals surface area contributed by atoms with Crippen LogP contribution in [-0.2, 0) is 0 Å². The average molecular weight is 645 g/mol. The molecule has 0 amide bonds. The van der Waals surface area contributed by atoms with E-state index in [-0.39, 0.29) is 0 Å². The molecule has 0 aliphatic rings. The summed E-state index contributed by atoms with van der Waals surface area (Å²) in [5.41, 5.74) is 11.8. The van der Waals surface area contributed by atoms with Gasteiger partial charge in [-0.2, -0.15) is 0 Å². The first-order valence-electron chi connectivity index (χ1n) is 16.5. The van der Waals surface area contributed by atoms with Gasteiger partial charge in [0.05, 0.1) is 15.7 Å². The molecule has 0 N–H and O–H groups in total. The van der Waals surface area contributed by atoms with Gasteiger partial charge in [-0.05, 0) is 76.9 Å². The second kappa shape index (κ2) is 11.2. The lowest BCUT2D eigenvalue weighted by atomic mass is 10.0. The Kier molecular flexibility index (Phi) is 6.36. The van der Waals surface area contributed by atoms with Crippen LogP contribution in [0.1, 0.15) is 0 Å². The summed E-state index contributed by atoms with van der Waals surface area (Å²) in [6.07, 6.45) is 0. The fraction of sp³-hybridized carbons (Fsp3) is 0. The average Bonchev–Trinajstić information content (AvgIpc) is 3.72. The predicted octanol–water partition coefficient (Wildman–Crippen LogP) is 13.3. The molecule has 0 saturated heterocycles. The van der Waals surface area contributed by atoms with Gasteiger partial charge in [-0.25, -0.2) is 4.98 Å². The summed E-state index contributed by atoms with van der Waals surface area (Å²) in [7, 11) is 0. The first kappa shape index (κ1) is 27.8. The van der Waals surface area contributed by atoms with E-state index >= 15 is 0 Å². The summed E-state index contributed by atoms with van der Waals surface area (Å²) in [5.74, 6) is 0. The molecule has 0 atom stereocenters. The minimum Gasteiger partial charge on any atom is -0.456 e. The topological polar surface area (TPSA) is 29.3 Å². The van der Waals surface area contributed by atoms with Crippen LogP contribution >= 0.6 is 11.3 Å². The number of fused-ring (bicyclic) bond motifs is 7. The van der Waals surface area contributed by atoms with Gasteiger partial charge >= 0.3 is 0 Å². The van der Waals surface area contributed by atoms with E-state index in [1.807, 2.05) is 23.5 Å². The summed E-state index contributed by atoms with van der Waals surface area (Å²) >= 11 is 1.82. The number of hydrogen-bond acceptors (Lipinski definition) is 4. The Hall–Kier alpha value is -6.23. The molecule has 230 valence electrons. The Labute approximate surface area is 286 Å². The molecule has 3 aromatic heterocycles. The fourth-order valence-electron chi connectivity index (χ4n) is 7.06. The number of aromatic nitrogens is 1. The second-order valence-electron chi connectivity index (χ2n) is 12.4. The number of thiophene rings is 1. The fourth-order valence-corrected chi connectivity index (χ4v) is 8.29. The number of nitrogens with zero attached hydrogens (tertiary/aromatic N) is 2. The normalized spacial score (nSPS) is 11.7. The molecule has 0 radical (unpaired) electrons. The summed E-state index contributed by atoms with van der Waals surface area (Å²) in [4.78, 5) is 7.37. The smallest absolute Gasteiger partial charge is 0.137 e. The second-order valence-corrected chi connectivity index (χ2v) is 13.4. The van der Waals surface area contributed by atoms with Gasteiger partial charge in [0.25, 0.3) is 0 Å². The molecule has 0 fully saturated rings. The Bertz CT molecular complexity index is 2810. The van der Waals surface area contributed by atoms with Crippen molar-refractivity contribution in [3.63, 3.8) is 0 Å². The number of para-hydroxylation sites is 2. The van der Waals surface area contributed by atoms with E-state index in [9.17, 15) is 0 Å². The number of furan rings is 1. The van der Waals surface area contributed by atoms with Gasteiger partial charge < -0.3 is 9.32 Å². The zero-order chi connectivity index (χ0) is 32.3. The van der Waals surface area contributed by atoms with E-state index in [4.69, 9.17) is 9.40 Å². The highest BCUT2D eigenvalue weighted by Gasteiger charge is 2.17. The molecular formula is C45H28N2OS. The summed E-state index contributed by atoms with van der Waals surface area (Å²) < 4.78 is 8.80. The Morgan fingerprint density at radius 3 is 1.96 bits per heavy atom. The third-order valence-corrected chi connectivity index (χ3v) is 10.6. The van der Waals surface area contributed by atoms with Crippen molar-refractivity contribution in [2.75, 3.05) is 4.90 Å². The highest BCUT2D eigenvalue weighted by Crippen LogP contribution is 2.43. The molecule has 49 heavy (non-hydrogen) atoms. The van der Waals surface area contributed by atoms with Crippen molar-refractivity contribution in [1.82, 2.24) is 4.98 Å². The SMILES string of the molecule is c1ccc(-c2ccc(N(c3ccc(-c4cccc5c4sc4cc6ccccc6nc45)cc3)c3ccc4c(c3)oc3ccccc34)cc2)cc1. The Morgan fingerprint density at radius 2 is 1.12 bits per heavy atom. The van der Waals surface area contributed by atoms with E-state index in [0.29, 0.717) is 0 Å². The lowest BCUT2D eigenvalue weighted by Gasteiger charge is -2.26. The standard InChI is InChI=1S/C45H28N2OS/c1-2-9-29(10-3-1)30-17-21-33(22-18-30)47(35-25-26-38-37-12-5-7-16-41(37)48-42(38)28-35)34-23-19-31(20-24-34)36-13-8-14-39-44-43(49-45(36)39)27-32-11-4-6-15-40(32)46-44/h1-28H. The number of pyridine rings is 1. The third kappa shape index (κ3) is 4.68. The summed E-state index contributed by atoms with van der Waals surface area (Å²) in [6, 6.07) is 60.2. The van der Waals surface area contributed by atoms with E-state index in [2.05, 4.69) is 163 Å². The van der Waals surface area contributed by atoms with E-state index < -0.39 is 0 Å². The van der Waals surface area contributed by atoms with Crippen LogP contribution in [0.5, 0.6) is 0 Å². The van der Waals surface area contributed by atoms with Crippen LogP contribution in [-0.4, -0.2) is 4.98 Å². The maximum Gasteiger partial charge on any atom is 0.137 e. The van der Waals surface area contributed by atoms with Gasteiger partial charge in [0.1, 0.15) is 11.2 Å². The molecule has 3 nitrogen and oxygen atoms in total. The first-order valence-corrected chi connectivity index (χ1v) is 17.3. The molecule has 4 heteroatoms. The zero-order valence-corrected chi connectivity index (χ0v) is 27.2. The maximum atomic E-state index is 6.33. The van der Waals surface area contributed by atoms with Gasteiger partial charge in [-0.1, -0.05) is 109 Å². The van der Waals surface area contributed by atoms with Crippen LogP contribution in [0.15, 0.2) is 174 Å². The van der Waals surface area contributed by atoms with Gasteiger partial charge in [-0.15, -0.1) is 11.3 Å². The summed E-state index contributed by atoms with van der Waals surface area (Å²) in [5, 5.41) is 4.62. The number of hydrogen-bond donors (Lipinski definition) is 0. The molecular weight excluding hydrogens is 617 g/mol. The molecule has 0 aliphatic carbocycles. The van der Waals surface area contributed by atoms with Crippen molar-refractivity contribution in [3.05, 3.63) is 170 Å². The molecule has 10 aromatic rings. The molecule has 0 saturated carbocycles. The molecule has 0 bridgehead atoms. The highest BCUT2D eigenvalue weighted by molar-refractivity contribution is 7.26. The zero-order valence-electron chi connectivity index (χ0n) is 26.4. The quantitative estimate of drug-likeness (QED) is 0.187. The summed E-state index contributed by atoms with van der Waals surface area (Å²) in [6.45, 7) is 0. The van der Waals surface area contributed by atoms with Crippen molar-refractivity contribution in [3.8, 4) is 22.3 Å². The predicted molar refractivity (Wildman–Crippen MR) is 207 cm³/mol. The third-order valence-electron chi connectivity index (χ3n) is 9.46. The van der Waals surface area contributed by atoms with Crippen molar-refractivity contribution >= 4 is 81.5 Å². The minimum absolute atomic E-state index is 0.874. The van der Waals surface area contributed by atoms with Crippen LogP contribution < -0.4 is 4.90 Å². The lowest BCUT2D eigenvalue weighted by Crippen LogP contribution is -2.09. The molecule has 3 heterocycles. The van der Waals surface area contributed by atoms with Gasteiger partial charge in [0, 0.05) is 49.4 Å². The van der Waals surface area contributed by atoms with Gasteiger partial charge in [0.15, 0.2) is 0 Å². The van der Waals surface area contributed by atoms with Crippen molar-refractivity contribution in [1.29, 1.82) is 0 Å². The molecule has 0 aliphatic heterocycles. The van der Waals surface area contributed by atoms with Crippen LogP contribution in [0.3, 0.4) is 0 Å². The van der Waals surface area contributed by atoms with Gasteiger partial charge in [0.2, 0.25) is 0 Å². The maximum absolute atomic E-state index is 6.33. The van der Waals surface area contributed by atoms with E-state index in [1.54, 1.807) is 0 Å². The number of benzene rings is 7. The van der Waals surface area contributed by atoms with Gasteiger partial charge in [-0.3, -0.25) is 0 Å². The van der Waals surface area contributed by atoms with Crippen molar-refractivity contribution < 1.29 is 4.42 Å². The Morgan fingerprint density at radius 1 is 0.469 bits per heavy atom. The number of rotatable bonds is 5. The highest BCUT2D eigenvalue weighted by atomic mass is 32.1. The molecule has 7 aromatic carbocycles. The Balaban J connectivity index is 1.09. The number of anilines is 3. The first-order chi connectivity index (χ1) is 24.3. The van der Waals surface area contributed by atoms with Crippen LogP contribution in [0.2, 0.25) is 0 Å². The lowest BCUT2D eigenvalue weighted by molar-refractivity contribution is 0.669. The van der Waals surface area contributed by atoms with E-state index in [1.165, 1.54) is 42.4 Å². The van der Waals surface area contributed by atoms with E-state index in [0.717, 1.165) is 50.0 Å². The molecule has 0 unspecified atom stereocenters. The van der Waals surface area contributed by atoms with Crippen LogP contribution in [0.4, 0.5) is 17.1 Å². The van der Waals surface area contributed by atoms with Crippen molar-refractivity contribution in [2.24, 2.45) is 0 Å². The molecule has 0 spiro atoms. The monoisotopic (exact) mass is 644 g/mol. The van der Waals surface area contributed by atoms with Crippen LogP contribution in [0, 0.1) is 0 Å². The van der Waals surface area contributed by atoms with Crippen LogP contribution in [0.25, 0.3) is 75.4 Å². The minimum atomic E-state index is 0.874. The van der Waals surface area contributed by atoms with Crippen molar-refractivity contribution in [2.45, 2.75) is 0 Å². The largest absolute Gasteiger partial charge is 0.456 e. The molecule has 10 rings (SSSR count).